The fourth-order valence-electron chi connectivity index (χ4n) is 4.51. The van der Waals surface area contributed by atoms with Crippen molar-refractivity contribution in [2.24, 2.45) is 0 Å². The first kappa shape index (κ1) is 25.1. The van der Waals surface area contributed by atoms with Gasteiger partial charge in [0.05, 0.1) is 11.1 Å². The monoisotopic (exact) mass is 513 g/mol. The van der Waals surface area contributed by atoms with Crippen molar-refractivity contribution in [1.29, 1.82) is 0 Å². The van der Waals surface area contributed by atoms with E-state index in [4.69, 9.17) is 0 Å². The fourth-order valence-corrected chi connectivity index (χ4v) is 4.51. The van der Waals surface area contributed by atoms with Crippen LogP contribution in [0, 0.1) is 12.7 Å². The van der Waals surface area contributed by atoms with E-state index in [0.717, 1.165) is 31.9 Å². The second kappa shape index (κ2) is 10.4. The van der Waals surface area contributed by atoms with E-state index in [1.807, 2.05) is 12.1 Å². The minimum Gasteiger partial charge on any atom is -0.369 e. The van der Waals surface area contributed by atoms with Gasteiger partial charge in [0.25, 0.3) is 0 Å². The molecule has 3 heterocycles. The zero-order valence-electron chi connectivity index (χ0n) is 21.2. The Labute approximate surface area is 219 Å². The van der Waals surface area contributed by atoms with Crippen molar-refractivity contribution in [2.45, 2.75) is 6.92 Å². The smallest absolute Gasteiger partial charge is 0.247 e. The van der Waals surface area contributed by atoms with Crippen molar-refractivity contribution in [3.63, 3.8) is 0 Å². The van der Waals surface area contributed by atoms with Crippen LogP contribution >= 0.6 is 0 Å². The van der Waals surface area contributed by atoms with E-state index in [1.165, 1.54) is 24.4 Å². The molecule has 0 aliphatic carbocycles. The maximum atomic E-state index is 15.1. The van der Waals surface area contributed by atoms with E-state index in [9.17, 15) is 9.59 Å². The van der Waals surface area contributed by atoms with Crippen molar-refractivity contribution >= 4 is 40.0 Å². The topological polar surface area (TPSA) is 95.4 Å². The van der Waals surface area contributed by atoms with Crippen molar-refractivity contribution in [1.82, 2.24) is 19.4 Å². The molecule has 2 aromatic heterocycles. The van der Waals surface area contributed by atoms with Crippen LogP contribution in [-0.4, -0.2) is 58.6 Å². The predicted octanol–water partition coefficient (Wildman–Crippen LogP) is 3.85. The summed E-state index contributed by atoms with van der Waals surface area (Å²) in [5.41, 5.74) is 3.08. The summed E-state index contributed by atoms with van der Waals surface area (Å²) in [4.78, 5) is 37.8. The molecule has 0 radical (unpaired) electrons. The average molecular weight is 514 g/mol. The normalized spacial score (nSPS) is 13.9. The summed E-state index contributed by atoms with van der Waals surface area (Å²) in [6, 6.07) is 13.7. The van der Waals surface area contributed by atoms with Crippen molar-refractivity contribution in [2.75, 3.05) is 48.8 Å². The number of carbonyl (C=O) groups is 1. The molecule has 1 saturated heterocycles. The highest BCUT2D eigenvalue weighted by atomic mass is 19.1. The standard InChI is InChI=1S/C28H28FN7O2/c1-4-26(38)31-19-6-5-7-21(15-19)36-18(2)14-25(37)22-17-30-28(33-27(22)36)32-24-9-8-20(16-23(24)29)35-12-10-34(3)11-13-35/h4-9,14-17H,1,10-13H2,2-3H3,(H,31,38)(H,30,32,33). The SMILES string of the molecule is C=CC(=O)Nc1cccc(-n2c(C)cc(=O)c3cnc(Nc4ccc(N5CCN(C)CC5)cc4F)nc32)c1. The minimum absolute atomic E-state index is 0.151. The van der Waals surface area contributed by atoms with E-state index in [1.54, 1.807) is 35.8 Å². The number of amides is 1. The molecule has 0 spiro atoms. The fraction of sp³-hybridized carbons (Fsp3) is 0.214. The number of nitrogens with zero attached hydrogens (tertiary/aromatic N) is 5. The number of aryl methyl sites for hydroxylation is 1. The highest BCUT2D eigenvalue weighted by molar-refractivity contribution is 5.99. The molecule has 10 heteroatoms. The van der Waals surface area contributed by atoms with Crippen LogP contribution in [0.3, 0.4) is 0 Å². The van der Waals surface area contributed by atoms with E-state index in [0.29, 0.717) is 28.1 Å². The van der Waals surface area contributed by atoms with Gasteiger partial charge in [0.1, 0.15) is 5.82 Å². The van der Waals surface area contributed by atoms with Crippen molar-refractivity contribution in [3.05, 3.63) is 89.1 Å². The molecular formula is C28H28FN7O2. The molecule has 5 rings (SSSR count). The zero-order valence-corrected chi connectivity index (χ0v) is 21.2. The number of rotatable bonds is 6. The van der Waals surface area contributed by atoms with Crippen molar-refractivity contribution in [3.8, 4) is 5.69 Å². The minimum atomic E-state index is -0.419. The Morgan fingerprint density at radius 1 is 1.08 bits per heavy atom. The summed E-state index contributed by atoms with van der Waals surface area (Å²) in [5.74, 6) is -0.603. The first-order valence-corrected chi connectivity index (χ1v) is 12.3. The van der Waals surface area contributed by atoms with Gasteiger partial charge in [0, 0.05) is 61.2 Å². The Morgan fingerprint density at radius 3 is 2.61 bits per heavy atom. The first-order chi connectivity index (χ1) is 18.3. The molecule has 1 amide bonds. The van der Waals surface area contributed by atoms with Gasteiger partial charge in [-0.25, -0.2) is 9.37 Å². The number of likely N-dealkylation sites (N-methyl/N-ethyl adjacent to an activating group) is 1. The molecular weight excluding hydrogens is 485 g/mol. The Hall–Kier alpha value is -4.57. The molecule has 2 aromatic carbocycles. The maximum absolute atomic E-state index is 15.1. The second-order valence-corrected chi connectivity index (χ2v) is 9.24. The van der Waals surface area contributed by atoms with Gasteiger partial charge < -0.3 is 20.4 Å². The molecule has 2 N–H and O–H groups in total. The van der Waals surface area contributed by atoms with Crippen LogP contribution < -0.4 is 21.0 Å². The van der Waals surface area contributed by atoms with Crippen LogP contribution in [0.4, 0.5) is 27.4 Å². The number of piperazine rings is 1. The van der Waals surface area contributed by atoms with E-state index >= 15 is 4.39 Å². The molecule has 0 bridgehead atoms. The third kappa shape index (κ3) is 5.12. The first-order valence-electron chi connectivity index (χ1n) is 12.3. The third-order valence-electron chi connectivity index (χ3n) is 6.56. The number of hydrogen-bond acceptors (Lipinski definition) is 7. The summed E-state index contributed by atoms with van der Waals surface area (Å²) in [6.07, 6.45) is 2.62. The molecule has 38 heavy (non-hydrogen) atoms. The Kier molecular flexibility index (Phi) is 6.89. The Balaban J connectivity index is 1.49. The molecule has 0 unspecified atom stereocenters. The van der Waals surface area contributed by atoms with Crippen LogP contribution in [0.2, 0.25) is 0 Å². The highest BCUT2D eigenvalue weighted by Crippen LogP contribution is 2.26. The van der Waals surface area contributed by atoms with Crippen LogP contribution in [0.5, 0.6) is 0 Å². The van der Waals surface area contributed by atoms with Gasteiger partial charge in [-0.15, -0.1) is 0 Å². The molecule has 0 saturated carbocycles. The lowest BCUT2D eigenvalue weighted by Crippen LogP contribution is -2.44. The van der Waals surface area contributed by atoms with E-state index in [-0.39, 0.29) is 23.0 Å². The molecule has 4 aromatic rings. The summed E-state index contributed by atoms with van der Waals surface area (Å²) < 4.78 is 16.9. The van der Waals surface area contributed by atoms with Crippen LogP contribution in [0.15, 0.2) is 72.2 Å². The summed E-state index contributed by atoms with van der Waals surface area (Å²) in [6.45, 7) is 8.80. The van der Waals surface area contributed by atoms with Crippen LogP contribution in [0.1, 0.15) is 5.69 Å². The van der Waals surface area contributed by atoms with Crippen LogP contribution in [0.25, 0.3) is 16.7 Å². The molecule has 0 atom stereocenters. The average Bonchev–Trinajstić information content (AvgIpc) is 2.90. The number of benzene rings is 2. The van der Waals surface area contributed by atoms with Gasteiger partial charge in [0.2, 0.25) is 11.9 Å². The maximum Gasteiger partial charge on any atom is 0.247 e. The molecule has 9 nitrogen and oxygen atoms in total. The molecule has 194 valence electrons. The quantitative estimate of drug-likeness (QED) is 0.378. The summed E-state index contributed by atoms with van der Waals surface area (Å²) in [5, 5.41) is 6.01. The van der Waals surface area contributed by atoms with Gasteiger partial charge >= 0.3 is 0 Å². The van der Waals surface area contributed by atoms with Crippen LogP contribution in [-0.2, 0) is 4.79 Å². The number of fused-ring (bicyclic) bond motifs is 1. The van der Waals surface area contributed by atoms with E-state index in [2.05, 4.69) is 44.0 Å². The number of halogens is 1. The number of carbonyl (C=O) groups excluding carboxylic acids is 1. The molecule has 1 aliphatic heterocycles. The lowest BCUT2D eigenvalue weighted by molar-refractivity contribution is -0.111. The summed E-state index contributed by atoms with van der Waals surface area (Å²) in [7, 11) is 2.08. The lowest BCUT2D eigenvalue weighted by atomic mass is 10.2. The third-order valence-corrected chi connectivity index (χ3v) is 6.56. The number of pyridine rings is 1. The molecule has 1 aliphatic rings. The Morgan fingerprint density at radius 2 is 1.87 bits per heavy atom. The second-order valence-electron chi connectivity index (χ2n) is 9.24. The lowest BCUT2D eigenvalue weighted by Gasteiger charge is -2.34. The van der Waals surface area contributed by atoms with Gasteiger partial charge in [-0.05, 0) is 56.4 Å². The van der Waals surface area contributed by atoms with Crippen molar-refractivity contribution < 1.29 is 9.18 Å². The highest BCUT2D eigenvalue weighted by Gasteiger charge is 2.17. The van der Waals surface area contributed by atoms with Gasteiger partial charge in [-0.2, -0.15) is 4.98 Å². The number of nitrogens with one attached hydrogen (secondary N) is 2. The number of hydrogen-bond donors (Lipinski definition) is 2. The van der Waals surface area contributed by atoms with Gasteiger partial charge in [-0.1, -0.05) is 12.6 Å². The Bertz CT molecular complexity index is 1590. The van der Waals surface area contributed by atoms with Gasteiger partial charge in [-0.3, -0.25) is 14.2 Å². The predicted molar refractivity (Wildman–Crippen MR) is 148 cm³/mol. The summed E-state index contributed by atoms with van der Waals surface area (Å²) >= 11 is 0. The van der Waals surface area contributed by atoms with E-state index < -0.39 is 5.82 Å². The molecule has 1 fully saturated rings. The largest absolute Gasteiger partial charge is 0.369 e. The van der Waals surface area contributed by atoms with Gasteiger partial charge in [0.15, 0.2) is 11.1 Å². The number of aromatic nitrogens is 3. The number of anilines is 4. The zero-order chi connectivity index (χ0) is 26.8.